The molecule has 0 aliphatic carbocycles. The van der Waals surface area contributed by atoms with Gasteiger partial charge in [-0.3, -0.25) is 0 Å². The van der Waals surface area contributed by atoms with Crippen LogP contribution in [0.1, 0.15) is 0 Å². The van der Waals surface area contributed by atoms with Crippen LogP contribution in [0, 0.1) is 0 Å². The Balaban J connectivity index is 2.50. The summed E-state index contributed by atoms with van der Waals surface area (Å²) in [5.74, 6) is 0. The number of hydrogen-bond donors (Lipinski definition) is 2. The highest BCUT2D eigenvalue weighted by Gasteiger charge is 2.53. The number of aliphatic hydroxyl groups excluding tert-OH is 2. The Morgan fingerprint density at radius 1 is 0.537 bits per heavy atom. The van der Waals surface area contributed by atoms with Gasteiger partial charge in [0, 0.05) is 0 Å². The zero-order chi connectivity index (χ0) is 30.0. The molecule has 2 aliphatic rings. The van der Waals surface area contributed by atoms with Crippen molar-refractivity contribution in [2.45, 2.75) is 61.4 Å². The topological polar surface area (TPSA) is 124 Å². The number of hydrogen-bond acceptors (Lipinski definition) is 11. The van der Waals surface area contributed by atoms with E-state index >= 15 is 0 Å². The van der Waals surface area contributed by atoms with Crippen LogP contribution in [0.2, 0.25) is 0 Å². The van der Waals surface area contributed by atoms with Crippen molar-refractivity contribution >= 4 is 0 Å². The predicted molar refractivity (Wildman–Crippen MR) is 152 cm³/mol. The van der Waals surface area contributed by atoms with Gasteiger partial charge >= 0.3 is 0 Å². The molecule has 2 N–H and O–H groups in total. The van der Waals surface area contributed by atoms with Gasteiger partial charge in [0.15, 0.2) is 12.6 Å². The van der Waals surface area contributed by atoms with Crippen LogP contribution in [0.4, 0.5) is 0 Å². The molecule has 2 heterocycles. The lowest BCUT2D eigenvalue weighted by molar-refractivity contribution is -0.367. The minimum atomic E-state index is -1.40. The Morgan fingerprint density at radius 3 is 1.51 bits per heavy atom. The third-order valence-electron chi connectivity index (χ3n) is 6.22. The minimum absolute atomic E-state index is 0.114. The Morgan fingerprint density at radius 2 is 1.00 bits per heavy atom. The lowest BCUT2D eigenvalue weighted by Gasteiger charge is -2.49. The predicted octanol–water partition coefficient (Wildman–Crippen LogP) is 1.86. The molecule has 232 valence electrons. The monoisotopic (exact) mass is 582 g/mol. The van der Waals surface area contributed by atoms with Gasteiger partial charge < -0.3 is 52.8 Å². The summed E-state index contributed by atoms with van der Waals surface area (Å²) in [6, 6.07) is 0. The molecule has 10 atom stereocenters. The molecular formula is C30H46O11. The third kappa shape index (κ3) is 10.3. The zero-order valence-electron chi connectivity index (χ0n) is 23.7. The maximum atomic E-state index is 10.7. The van der Waals surface area contributed by atoms with Gasteiger partial charge in [-0.25, -0.2) is 0 Å². The van der Waals surface area contributed by atoms with Crippen LogP contribution in [0.25, 0.3) is 0 Å². The van der Waals surface area contributed by atoms with Crippen molar-refractivity contribution < 1.29 is 52.8 Å². The largest absolute Gasteiger partial charge is 0.394 e. The SMILES string of the molecule is C=CCOC[C@H]1O[C@@H](O[C@H]2[C@H](OCC=C)[C@@H](OCC=C)C(O)O[C@@H]2CO)[C@H](OCC=C)[C@@H](OCC=C)[C@H]1OCC=C. The summed E-state index contributed by atoms with van der Waals surface area (Å²) < 4.78 is 54.5. The quantitative estimate of drug-likeness (QED) is 0.144. The molecule has 2 aliphatic heterocycles. The molecule has 0 spiro atoms. The molecule has 11 nitrogen and oxygen atoms in total. The molecule has 2 saturated heterocycles. The maximum Gasteiger partial charge on any atom is 0.187 e. The van der Waals surface area contributed by atoms with Crippen LogP contribution >= 0.6 is 0 Å². The molecular weight excluding hydrogens is 536 g/mol. The highest BCUT2D eigenvalue weighted by molar-refractivity contribution is 4.98. The van der Waals surface area contributed by atoms with Gasteiger partial charge in [0.2, 0.25) is 0 Å². The van der Waals surface area contributed by atoms with Crippen LogP contribution in [0.5, 0.6) is 0 Å². The number of rotatable bonds is 22. The fraction of sp³-hybridized carbons (Fsp3) is 0.600. The Bertz CT molecular complexity index is 805. The maximum absolute atomic E-state index is 10.7. The van der Waals surface area contributed by atoms with Crippen LogP contribution in [0.3, 0.4) is 0 Å². The summed E-state index contributed by atoms with van der Waals surface area (Å²) in [6.07, 6.45) is 0.377. The first kappa shape index (κ1) is 35.2. The highest BCUT2D eigenvalue weighted by atomic mass is 16.7. The first-order valence-electron chi connectivity index (χ1n) is 13.6. The van der Waals surface area contributed by atoms with Gasteiger partial charge in [-0.15, -0.1) is 39.5 Å². The lowest BCUT2D eigenvalue weighted by Crippen LogP contribution is -2.66. The summed E-state index contributed by atoms with van der Waals surface area (Å²) >= 11 is 0. The van der Waals surface area contributed by atoms with E-state index in [1.807, 2.05) is 0 Å². The standard InChI is InChI=1S/C30H46O11/c1-7-13-33-20-22-23(34-14-8-2)25(35-15-9-3)28(38-18-12-6)30(40-22)41-24-21(19-31)39-29(32)27(37-17-11-5)26(24)36-16-10-4/h7-12,21-32H,1-6,13-20H2/t21-,22-,23+,24-,25+,26+,27-,28-,29?,30+/m1/s1. The van der Waals surface area contributed by atoms with E-state index in [9.17, 15) is 10.2 Å². The van der Waals surface area contributed by atoms with Crippen LogP contribution < -0.4 is 0 Å². The van der Waals surface area contributed by atoms with E-state index in [-0.39, 0.29) is 46.2 Å². The summed E-state index contributed by atoms with van der Waals surface area (Å²) in [6.45, 7) is 23.0. The van der Waals surface area contributed by atoms with E-state index in [1.165, 1.54) is 6.08 Å². The van der Waals surface area contributed by atoms with Crippen molar-refractivity contribution in [2.24, 2.45) is 0 Å². The average molecular weight is 583 g/mol. The van der Waals surface area contributed by atoms with E-state index in [1.54, 1.807) is 30.4 Å². The van der Waals surface area contributed by atoms with Crippen molar-refractivity contribution in [3.8, 4) is 0 Å². The summed E-state index contributed by atoms with van der Waals surface area (Å²) in [4.78, 5) is 0. The lowest BCUT2D eigenvalue weighted by atomic mass is 9.96. The molecule has 0 saturated carbocycles. The molecule has 0 bridgehead atoms. The Kier molecular flexibility index (Phi) is 17.2. The van der Waals surface area contributed by atoms with Crippen LogP contribution in [-0.4, -0.2) is 124 Å². The average Bonchev–Trinajstić information content (AvgIpc) is 2.98. The Labute approximate surface area is 243 Å². The molecule has 1 unspecified atom stereocenters. The second-order valence-corrected chi connectivity index (χ2v) is 9.15. The van der Waals surface area contributed by atoms with Gasteiger partial charge in [-0.2, -0.15) is 0 Å². The Hall–Kier alpha value is -2.00. The fourth-order valence-electron chi connectivity index (χ4n) is 4.58. The molecule has 11 heteroatoms. The van der Waals surface area contributed by atoms with Crippen molar-refractivity contribution in [3.63, 3.8) is 0 Å². The minimum Gasteiger partial charge on any atom is -0.394 e. The molecule has 0 amide bonds. The third-order valence-corrected chi connectivity index (χ3v) is 6.22. The molecule has 41 heavy (non-hydrogen) atoms. The van der Waals surface area contributed by atoms with Gasteiger partial charge in [0.05, 0.1) is 52.9 Å². The van der Waals surface area contributed by atoms with Gasteiger partial charge in [-0.05, 0) is 0 Å². The molecule has 2 rings (SSSR count). The van der Waals surface area contributed by atoms with E-state index in [2.05, 4.69) is 39.5 Å². The first-order chi connectivity index (χ1) is 20.0. The van der Waals surface area contributed by atoms with Crippen molar-refractivity contribution in [2.75, 3.05) is 52.9 Å². The van der Waals surface area contributed by atoms with E-state index in [0.29, 0.717) is 0 Å². The first-order valence-corrected chi connectivity index (χ1v) is 13.6. The van der Waals surface area contributed by atoms with Crippen LogP contribution in [-0.2, 0) is 42.6 Å². The summed E-state index contributed by atoms with van der Waals surface area (Å²) in [5.41, 5.74) is 0. The molecule has 0 aromatic carbocycles. The van der Waals surface area contributed by atoms with Gasteiger partial charge in [0.25, 0.3) is 0 Å². The molecule has 2 fully saturated rings. The van der Waals surface area contributed by atoms with Crippen molar-refractivity contribution in [1.82, 2.24) is 0 Å². The van der Waals surface area contributed by atoms with Crippen LogP contribution in [0.15, 0.2) is 75.9 Å². The highest BCUT2D eigenvalue weighted by Crippen LogP contribution is 2.34. The molecule has 0 aromatic rings. The smallest absolute Gasteiger partial charge is 0.187 e. The zero-order valence-corrected chi connectivity index (χ0v) is 23.7. The van der Waals surface area contributed by atoms with E-state index in [4.69, 9.17) is 42.6 Å². The normalized spacial score (nSPS) is 33.5. The number of ether oxygens (including phenoxy) is 9. The fourth-order valence-corrected chi connectivity index (χ4v) is 4.58. The summed E-state index contributed by atoms with van der Waals surface area (Å²) in [7, 11) is 0. The number of aliphatic hydroxyl groups is 2. The molecule has 0 aromatic heterocycles. The van der Waals surface area contributed by atoms with Crippen molar-refractivity contribution in [3.05, 3.63) is 75.9 Å². The second-order valence-electron chi connectivity index (χ2n) is 9.15. The molecule has 0 radical (unpaired) electrons. The second kappa shape index (κ2) is 20.0. The van der Waals surface area contributed by atoms with Gasteiger partial charge in [0.1, 0.15) is 48.8 Å². The summed E-state index contributed by atoms with van der Waals surface area (Å²) in [5, 5.41) is 20.9. The van der Waals surface area contributed by atoms with Gasteiger partial charge in [-0.1, -0.05) is 36.5 Å². The van der Waals surface area contributed by atoms with Crippen molar-refractivity contribution in [1.29, 1.82) is 0 Å². The van der Waals surface area contributed by atoms with E-state index in [0.717, 1.165) is 0 Å². The van der Waals surface area contributed by atoms with E-state index < -0.39 is 68.0 Å².